The Labute approximate surface area is 102 Å². The number of allylic oxidation sites excluding steroid dienone is 2. The Balaban J connectivity index is 2.67. The first kappa shape index (κ1) is 12.0. The lowest BCUT2D eigenvalue weighted by atomic mass is 9.90. The summed E-state index contributed by atoms with van der Waals surface area (Å²) in [6.45, 7) is 2.02. The number of carbonyl (C=O) groups excluding carboxylic acids is 2. The van der Waals surface area contributed by atoms with Crippen LogP contribution in [-0.2, 0) is 0 Å². The normalized spacial score (nSPS) is 14.5. The number of rotatable bonds is 3. The largest absolute Gasteiger partial charge is 0.376 e. The van der Waals surface area contributed by atoms with Crippen molar-refractivity contribution < 1.29 is 14.5 Å². The maximum absolute atomic E-state index is 12.1. The number of likely N-dealkylation sites (N-methyl/N-ethyl adjacent to an activating group) is 1. The highest BCUT2D eigenvalue weighted by atomic mass is 16.6. The monoisotopic (exact) mass is 246 g/mol. The Morgan fingerprint density at radius 1 is 1.17 bits per heavy atom. The Hall–Kier alpha value is -2.50. The Morgan fingerprint density at radius 3 is 2.22 bits per heavy atom. The highest BCUT2D eigenvalue weighted by Gasteiger charge is 2.39. The Morgan fingerprint density at radius 2 is 1.72 bits per heavy atom. The fourth-order valence-electron chi connectivity index (χ4n) is 1.88. The van der Waals surface area contributed by atoms with Crippen LogP contribution in [-0.4, -0.2) is 23.0 Å². The molecule has 1 aliphatic rings. The van der Waals surface area contributed by atoms with E-state index in [9.17, 15) is 19.7 Å². The summed E-state index contributed by atoms with van der Waals surface area (Å²) in [6.07, 6.45) is 0. The second-order valence-corrected chi connectivity index (χ2v) is 3.71. The van der Waals surface area contributed by atoms with E-state index >= 15 is 0 Å². The molecule has 1 aromatic carbocycles. The smallest absolute Gasteiger partial charge is 0.343 e. The van der Waals surface area contributed by atoms with Crippen LogP contribution in [0, 0.1) is 10.1 Å². The molecule has 0 atom stereocenters. The van der Waals surface area contributed by atoms with Crippen LogP contribution >= 0.6 is 0 Å². The van der Waals surface area contributed by atoms with E-state index in [2.05, 4.69) is 5.32 Å². The molecule has 0 aromatic heterocycles. The van der Waals surface area contributed by atoms with Crippen molar-refractivity contribution in [1.82, 2.24) is 5.32 Å². The summed E-state index contributed by atoms with van der Waals surface area (Å²) in [6, 6.07) is 6.09. The summed E-state index contributed by atoms with van der Waals surface area (Å²) in [5, 5.41) is 13.5. The molecule has 1 N–H and O–H groups in total. The number of ketones is 2. The van der Waals surface area contributed by atoms with Crippen molar-refractivity contribution in [1.29, 1.82) is 0 Å². The van der Waals surface area contributed by atoms with Crippen molar-refractivity contribution in [3.05, 3.63) is 56.9 Å². The van der Waals surface area contributed by atoms with Crippen LogP contribution in [0.4, 0.5) is 0 Å². The van der Waals surface area contributed by atoms with Crippen LogP contribution in [0.2, 0.25) is 0 Å². The van der Waals surface area contributed by atoms with E-state index in [1.54, 1.807) is 19.1 Å². The van der Waals surface area contributed by atoms with Crippen LogP contribution in [0.15, 0.2) is 35.7 Å². The molecule has 0 saturated carbocycles. The number of nitrogens with zero attached hydrogens (tertiary/aromatic N) is 1. The number of fused-ring (bicyclic) bond motifs is 1. The van der Waals surface area contributed by atoms with Crippen LogP contribution in [0.5, 0.6) is 0 Å². The lowest BCUT2D eigenvalue weighted by Gasteiger charge is -2.16. The molecule has 1 aliphatic carbocycles. The predicted octanol–water partition coefficient (Wildman–Crippen LogP) is 1.16. The number of hydrogen-bond donors (Lipinski definition) is 1. The van der Waals surface area contributed by atoms with Crippen molar-refractivity contribution in [2.75, 3.05) is 6.54 Å². The molecule has 0 heterocycles. The molecule has 6 nitrogen and oxygen atoms in total. The summed E-state index contributed by atoms with van der Waals surface area (Å²) in [5.74, 6) is -1.25. The molecule has 18 heavy (non-hydrogen) atoms. The molecule has 6 heteroatoms. The highest BCUT2D eigenvalue weighted by molar-refractivity contribution is 6.25. The van der Waals surface area contributed by atoms with Crippen LogP contribution in [0.25, 0.3) is 0 Å². The maximum atomic E-state index is 12.1. The van der Waals surface area contributed by atoms with Gasteiger partial charge in [0.2, 0.25) is 5.78 Å². The molecule has 0 unspecified atom stereocenters. The molecule has 0 spiro atoms. The molecular weight excluding hydrogens is 236 g/mol. The molecule has 0 radical (unpaired) electrons. The second-order valence-electron chi connectivity index (χ2n) is 3.71. The minimum absolute atomic E-state index is 0.0795. The summed E-state index contributed by atoms with van der Waals surface area (Å²) in [5.41, 5.74) is -0.633. The van der Waals surface area contributed by atoms with Crippen LogP contribution in [0.3, 0.4) is 0 Å². The van der Waals surface area contributed by atoms with E-state index in [0.29, 0.717) is 6.54 Å². The number of Topliss-reactive ketones (excluding diaryl/α,β-unsaturated/α-hetero) is 2. The molecular formula is C12H10N2O4. The average Bonchev–Trinajstić information content (AvgIpc) is 2.35. The fourth-order valence-corrected chi connectivity index (χ4v) is 1.88. The summed E-state index contributed by atoms with van der Waals surface area (Å²) in [7, 11) is 0. The zero-order valence-corrected chi connectivity index (χ0v) is 9.60. The summed E-state index contributed by atoms with van der Waals surface area (Å²) >= 11 is 0. The third-order valence-electron chi connectivity index (χ3n) is 2.63. The van der Waals surface area contributed by atoms with Gasteiger partial charge >= 0.3 is 5.70 Å². The van der Waals surface area contributed by atoms with Gasteiger partial charge in [0.25, 0.3) is 5.78 Å². The van der Waals surface area contributed by atoms with Crippen molar-refractivity contribution in [3.63, 3.8) is 0 Å². The van der Waals surface area contributed by atoms with Gasteiger partial charge in [0.05, 0.1) is 4.92 Å². The minimum atomic E-state index is -0.811. The molecule has 0 saturated heterocycles. The number of nitro groups is 1. The first-order valence-corrected chi connectivity index (χ1v) is 5.39. The van der Waals surface area contributed by atoms with E-state index in [-0.39, 0.29) is 16.8 Å². The van der Waals surface area contributed by atoms with Gasteiger partial charge in [-0.1, -0.05) is 24.3 Å². The van der Waals surface area contributed by atoms with Crippen molar-refractivity contribution in [2.45, 2.75) is 6.92 Å². The third kappa shape index (κ3) is 1.67. The SMILES string of the molecule is CCNC1=C([N+](=O)[O-])C(=O)c2ccccc2C1=O. The van der Waals surface area contributed by atoms with Crippen LogP contribution < -0.4 is 5.32 Å². The summed E-state index contributed by atoms with van der Waals surface area (Å²) < 4.78 is 0. The Kier molecular flexibility index (Phi) is 2.93. The van der Waals surface area contributed by atoms with E-state index in [4.69, 9.17) is 0 Å². The van der Waals surface area contributed by atoms with Crippen LogP contribution in [0.1, 0.15) is 27.6 Å². The quantitative estimate of drug-likeness (QED) is 0.638. The highest BCUT2D eigenvalue weighted by Crippen LogP contribution is 2.25. The second kappa shape index (κ2) is 4.40. The van der Waals surface area contributed by atoms with Crippen molar-refractivity contribution in [3.8, 4) is 0 Å². The number of nitrogens with one attached hydrogen (secondary N) is 1. The molecule has 0 aliphatic heterocycles. The van der Waals surface area contributed by atoms with Gasteiger partial charge in [0.15, 0.2) is 5.70 Å². The third-order valence-corrected chi connectivity index (χ3v) is 2.63. The zero-order chi connectivity index (χ0) is 13.3. The topological polar surface area (TPSA) is 89.3 Å². The molecule has 1 aromatic rings. The van der Waals surface area contributed by atoms with Gasteiger partial charge < -0.3 is 5.32 Å². The standard InChI is InChI=1S/C12H10N2O4/c1-2-13-9-10(14(17)18)12(16)8-6-4-3-5-7(8)11(9)15/h3-6,13H,2H2,1H3. The van der Waals surface area contributed by atoms with Gasteiger partial charge in [0, 0.05) is 17.7 Å². The average molecular weight is 246 g/mol. The maximum Gasteiger partial charge on any atom is 0.343 e. The first-order valence-electron chi connectivity index (χ1n) is 5.39. The predicted molar refractivity (Wildman–Crippen MR) is 62.8 cm³/mol. The molecule has 2 rings (SSSR count). The number of hydrogen-bond acceptors (Lipinski definition) is 5. The fraction of sp³-hybridized carbons (Fsp3) is 0.167. The number of benzene rings is 1. The molecule has 92 valence electrons. The lowest BCUT2D eigenvalue weighted by Crippen LogP contribution is -2.33. The van der Waals surface area contributed by atoms with Crippen molar-refractivity contribution >= 4 is 11.6 Å². The summed E-state index contributed by atoms with van der Waals surface area (Å²) in [4.78, 5) is 34.2. The van der Waals surface area contributed by atoms with E-state index in [1.165, 1.54) is 12.1 Å². The molecule has 0 amide bonds. The zero-order valence-electron chi connectivity index (χ0n) is 9.60. The van der Waals surface area contributed by atoms with Gasteiger partial charge in [-0.25, -0.2) is 0 Å². The Bertz CT molecular complexity index is 589. The van der Waals surface area contributed by atoms with Gasteiger partial charge in [-0.15, -0.1) is 0 Å². The first-order chi connectivity index (χ1) is 8.57. The van der Waals surface area contributed by atoms with Gasteiger partial charge in [-0.05, 0) is 6.92 Å². The van der Waals surface area contributed by atoms with Gasteiger partial charge in [-0.3, -0.25) is 19.7 Å². The van der Waals surface area contributed by atoms with E-state index in [0.717, 1.165) is 0 Å². The van der Waals surface area contributed by atoms with E-state index < -0.39 is 22.2 Å². The number of carbonyl (C=O) groups is 2. The van der Waals surface area contributed by atoms with Gasteiger partial charge in [-0.2, -0.15) is 0 Å². The molecule has 0 fully saturated rings. The molecule has 0 bridgehead atoms. The lowest BCUT2D eigenvalue weighted by molar-refractivity contribution is -0.418. The van der Waals surface area contributed by atoms with E-state index in [1.807, 2.05) is 0 Å². The minimum Gasteiger partial charge on any atom is -0.376 e. The van der Waals surface area contributed by atoms with Gasteiger partial charge in [0.1, 0.15) is 0 Å². The van der Waals surface area contributed by atoms with Crippen molar-refractivity contribution in [2.24, 2.45) is 0 Å².